The van der Waals surface area contributed by atoms with Gasteiger partial charge in [0, 0.05) is 17.9 Å². The van der Waals surface area contributed by atoms with E-state index in [0.29, 0.717) is 12.6 Å². The van der Waals surface area contributed by atoms with Gasteiger partial charge >= 0.3 is 0 Å². The van der Waals surface area contributed by atoms with E-state index in [-0.39, 0.29) is 0 Å². The van der Waals surface area contributed by atoms with Crippen molar-refractivity contribution in [2.45, 2.75) is 44.1 Å². The lowest BCUT2D eigenvalue weighted by molar-refractivity contribution is 0.103. The summed E-state index contributed by atoms with van der Waals surface area (Å²) in [6.45, 7) is 4.76. The summed E-state index contributed by atoms with van der Waals surface area (Å²) in [7, 11) is 0. The van der Waals surface area contributed by atoms with Crippen LogP contribution >= 0.6 is 11.8 Å². The molecule has 0 radical (unpaired) electrons. The molecule has 3 nitrogen and oxygen atoms in total. The van der Waals surface area contributed by atoms with Crippen LogP contribution in [0.2, 0.25) is 0 Å². The zero-order valence-electron chi connectivity index (χ0n) is 11.1. The molecule has 4 heteroatoms. The molecule has 1 fully saturated rings. The Labute approximate surface area is 114 Å². The number of nitrogens with one attached hydrogen (secondary N) is 1. The molecule has 1 aliphatic rings. The van der Waals surface area contributed by atoms with Crippen molar-refractivity contribution in [2.24, 2.45) is 0 Å². The fourth-order valence-corrected chi connectivity index (χ4v) is 3.39. The lowest BCUT2D eigenvalue weighted by Crippen LogP contribution is -2.39. The third-order valence-corrected chi connectivity index (χ3v) is 4.68. The minimum absolute atomic E-state index is 0.586. The van der Waals surface area contributed by atoms with E-state index in [2.05, 4.69) is 24.0 Å². The molecule has 2 unspecified atom stereocenters. The number of hydrogen-bond donors (Lipinski definition) is 1. The maximum Gasteiger partial charge on any atom is 0.129 e. The molecule has 1 N–H and O–H groups in total. The lowest BCUT2D eigenvalue weighted by Gasteiger charge is -2.29. The standard InChI is InChI=1S/C14H23NO2S/c1-12-14(6-3-10-18-12)15-7-4-8-16-11-13-5-2-9-17-13/h2,5,9,12,14-15H,3-4,6-8,10-11H2,1H3. The highest BCUT2D eigenvalue weighted by atomic mass is 32.2. The summed E-state index contributed by atoms with van der Waals surface area (Å²) in [5, 5.41) is 4.39. The first-order valence-electron chi connectivity index (χ1n) is 6.81. The minimum atomic E-state index is 0.586. The average molecular weight is 269 g/mol. The molecule has 1 aromatic heterocycles. The third kappa shape index (κ3) is 4.67. The average Bonchev–Trinajstić information content (AvgIpc) is 2.89. The van der Waals surface area contributed by atoms with Gasteiger partial charge in [-0.1, -0.05) is 6.92 Å². The quantitative estimate of drug-likeness (QED) is 0.772. The lowest BCUT2D eigenvalue weighted by atomic mass is 10.1. The van der Waals surface area contributed by atoms with Gasteiger partial charge in [-0.3, -0.25) is 0 Å². The Bertz CT molecular complexity index is 316. The van der Waals surface area contributed by atoms with Gasteiger partial charge in [0.2, 0.25) is 0 Å². The van der Waals surface area contributed by atoms with Crippen LogP contribution in [0.1, 0.15) is 31.9 Å². The molecule has 2 rings (SSSR count). The first-order chi connectivity index (χ1) is 8.86. The van der Waals surface area contributed by atoms with Crippen molar-refractivity contribution in [1.82, 2.24) is 5.32 Å². The number of thioether (sulfide) groups is 1. The van der Waals surface area contributed by atoms with Crippen LogP contribution in [0.25, 0.3) is 0 Å². The van der Waals surface area contributed by atoms with Gasteiger partial charge in [0.1, 0.15) is 12.4 Å². The first-order valence-corrected chi connectivity index (χ1v) is 7.86. The molecular weight excluding hydrogens is 246 g/mol. The molecule has 0 saturated carbocycles. The van der Waals surface area contributed by atoms with Crippen molar-refractivity contribution in [3.8, 4) is 0 Å². The van der Waals surface area contributed by atoms with Crippen molar-refractivity contribution in [3.05, 3.63) is 24.2 Å². The largest absolute Gasteiger partial charge is 0.467 e. The van der Waals surface area contributed by atoms with Gasteiger partial charge in [-0.05, 0) is 43.7 Å². The maximum absolute atomic E-state index is 5.56. The van der Waals surface area contributed by atoms with Crippen LogP contribution in [-0.2, 0) is 11.3 Å². The summed E-state index contributed by atoms with van der Waals surface area (Å²) < 4.78 is 10.8. The Hall–Kier alpha value is -0.450. The predicted molar refractivity (Wildman–Crippen MR) is 75.9 cm³/mol. The van der Waals surface area contributed by atoms with Crippen molar-refractivity contribution in [2.75, 3.05) is 18.9 Å². The predicted octanol–water partition coefficient (Wildman–Crippen LogP) is 3.06. The summed E-state index contributed by atoms with van der Waals surface area (Å²) in [6.07, 6.45) is 5.42. The third-order valence-electron chi connectivity index (χ3n) is 3.30. The van der Waals surface area contributed by atoms with Gasteiger partial charge in [-0.2, -0.15) is 11.8 Å². The van der Waals surface area contributed by atoms with Gasteiger partial charge < -0.3 is 14.5 Å². The van der Waals surface area contributed by atoms with Crippen LogP contribution in [0, 0.1) is 0 Å². The molecule has 1 saturated heterocycles. The summed E-state index contributed by atoms with van der Waals surface area (Å²) in [5.41, 5.74) is 0. The fraction of sp³-hybridized carbons (Fsp3) is 0.714. The SMILES string of the molecule is CC1SCCCC1NCCCOCc1ccco1. The molecule has 0 amide bonds. The number of hydrogen-bond acceptors (Lipinski definition) is 4. The maximum atomic E-state index is 5.56. The van der Waals surface area contributed by atoms with Crippen molar-refractivity contribution >= 4 is 11.8 Å². The summed E-state index contributed by atoms with van der Waals surface area (Å²) in [6, 6.07) is 4.52. The molecule has 0 aromatic carbocycles. The molecule has 102 valence electrons. The molecule has 0 bridgehead atoms. The Morgan fingerprint density at radius 3 is 3.28 bits per heavy atom. The van der Waals surface area contributed by atoms with Gasteiger partial charge in [0.25, 0.3) is 0 Å². The zero-order valence-corrected chi connectivity index (χ0v) is 11.9. The highest BCUT2D eigenvalue weighted by Gasteiger charge is 2.20. The normalized spacial score (nSPS) is 24.3. The van der Waals surface area contributed by atoms with Gasteiger partial charge in [0.05, 0.1) is 6.26 Å². The van der Waals surface area contributed by atoms with Crippen LogP contribution < -0.4 is 5.32 Å². The summed E-state index contributed by atoms with van der Waals surface area (Å²) >= 11 is 2.09. The van der Waals surface area contributed by atoms with E-state index in [9.17, 15) is 0 Å². The molecular formula is C14H23NO2S. The molecule has 2 heterocycles. The topological polar surface area (TPSA) is 34.4 Å². The highest BCUT2D eigenvalue weighted by molar-refractivity contribution is 7.99. The Morgan fingerprint density at radius 2 is 2.50 bits per heavy atom. The smallest absolute Gasteiger partial charge is 0.129 e. The number of ether oxygens (including phenoxy) is 1. The van der Waals surface area contributed by atoms with Crippen molar-refractivity contribution in [3.63, 3.8) is 0 Å². The van der Waals surface area contributed by atoms with E-state index in [1.54, 1.807) is 6.26 Å². The molecule has 0 spiro atoms. The van der Waals surface area contributed by atoms with E-state index in [0.717, 1.165) is 30.6 Å². The van der Waals surface area contributed by atoms with E-state index in [4.69, 9.17) is 9.15 Å². The van der Waals surface area contributed by atoms with Gasteiger partial charge in [0.15, 0.2) is 0 Å². The Balaban J connectivity index is 1.48. The Kier molecular flexibility index (Phi) is 6.11. The second-order valence-electron chi connectivity index (χ2n) is 4.76. The van der Waals surface area contributed by atoms with E-state index < -0.39 is 0 Å². The molecule has 0 aliphatic carbocycles. The monoisotopic (exact) mass is 269 g/mol. The number of furan rings is 1. The molecule has 1 aliphatic heterocycles. The van der Waals surface area contributed by atoms with Gasteiger partial charge in [-0.15, -0.1) is 0 Å². The van der Waals surface area contributed by atoms with E-state index in [1.165, 1.54) is 18.6 Å². The summed E-state index contributed by atoms with van der Waals surface area (Å²) in [4.78, 5) is 0. The highest BCUT2D eigenvalue weighted by Crippen LogP contribution is 2.24. The van der Waals surface area contributed by atoms with Crippen LogP contribution in [0.4, 0.5) is 0 Å². The fourth-order valence-electron chi connectivity index (χ4n) is 2.22. The zero-order chi connectivity index (χ0) is 12.6. The second kappa shape index (κ2) is 7.87. The van der Waals surface area contributed by atoms with Crippen LogP contribution in [-0.4, -0.2) is 30.2 Å². The molecule has 18 heavy (non-hydrogen) atoms. The molecule has 1 aromatic rings. The molecule has 2 atom stereocenters. The van der Waals surface area contributed by atoms with Crippen molar-refractivity contribution in [1.29, 1.82) is 0 Å². The van der Waals surface area contributed by atoms with E-state index in [1.807, 2.05) is 12.1 Å². The Morgan fingerprint density at radius 1 is 1.56 bits per heavy atom. The van der Waals surface area contributed by atoms with Crippen LogP contribution in [0.15, 0.2) is 22.8 Å². The second-order valence-corrected chi connectivity index (χ2v) is 6.25. The van der Waals surface area contributed by atoms with Gasteiger partial charge in [-0.25, -0.2) is 0 Å². The van der Waals surface area contributed by atoms with Crippen LogP contribution in [0.5, 0.6) is 0 Å². The first kappa shape index (κ1) is 14.0. The summed E-state index contributed by atoms with van der Waals surface area (Å²) in [5.74, 6) is 2.23. The minimum Gasteiger partial charge on any atom is -0.467 e. The van der Waals surface area contributed by atoms with Crippen molar-refractivity contribution < 1.29 is 9.15 Å². The van der Waals surface area contributed by atoms with Crippen LogP contribution in [0.3, 0.4) is 0 Å². The number of rotatable bonds is 7. The van der Waals surface area contributed by atoms with E-state index >= 15 is 0 Å².